The Balaban J connectivity index is 2.48. The van der Waals surface area contributed by atoms with Gasteiger partial charge in [-0.15, -0.1) is 4.99 Å². The quantitative estimate of drug-likeness (QED) is 0.598. The van der Waals surface area contributed by atoms with Crippen LogP contribution >= 0.6 is 0 Å². The number of carbonyl (C=O) groups excluding carboxylic acids is 1. The summed E-state index contributed by atoms with van der Waals surface area (Å²) in [6, 6.07) is 9.31. The average molecular weight is 229 g/mol. The summed E-state index contributed by atoms with van der Waals surface area (Å²) in [4.78, 5) is 13.7. The monoisotopic (exact) mass is 229 g/mol. The van der Waals surface area contributed by atoms with Crippen LogP contribution in [0.3, 0.4) is 0 Å². The Morgan fingerprint density at radius 3 is 2.94 bits per heavy atom. The lowest BCUT2D eigenvalue weighted by Gasteiger charge is -2.04. The van der Waals surface area contributed by atoms with Crippen LogP contribution in [-0.2, 0) is 11.8 Å². The van der Waals surface area contributed by atoms with E-state index in [4.69, 9.17) is 4.74 Å². The lowest BCUT2D eigenvalue weighted by Crippen LogP contribution is -1.93. The Bertz CT molecular complexity index is 583. The number of nitrogens with zero attached hydrogens (tertiary/aromatic N) is 3. The van der Waals surface area contributed by atoms with Gasteiger partial charge in [-0.25, -0.2) is 4.79 Å². The number of rotatable bonds is 3. The lowest BCUT2D eigenvalue weighted by molar-refractivity contribution is 0.415. The number of aliphatic imine (C=N–C) groups is 1. The fraction of sp³-hybridized carbons (Fsp3) is 0.167. The summed E-state index contributed by atoms with van der Waals surface area (Å²) in [5.41, 5.74) is 1.81. The van der Waals surface area contributed by atoms with Gasteiger partial charge in [-0.2, -0.15) is 5.10 Å². The molecule has 0 bridgehead atoms. The van der Waals surface area contributed by atoms with E-state index in [1.807, 2.05) is 24.3 Å². The molecule has 1 heterocycles. The van der Waals surface area contributed by atoms with Crippen molar-refractivity contribution in [2.45, 2.75) is 0 Å². The standard InChI is InChI=1S/C12H11N3O2/c1-15-11(7-12(14-15)13-8-16)9-4-3-5-10(6-9)17-2/h3-7H,1-2H3. The smallest absolute Gasteiger partial charge is 0.242 e. The van der Waals surface area contributed by atoms with Gasteiger partial charge in [0.05, 0.1) is 12.8 Å². The molecule has 17 heavy (non-hydrogen) atoms. The molecule has 0 saturated heterocycles. The van der Waals surface area contributed by atoms with E-state index in [9.17, 15) is 4.79 Å². The number of ether oxygens (including phenoxy) is 1. The normalized spacial score (nSPS) is 9.76. The molecule has 0 fully saturated rings. The molecule has 0 unspecified atom stereocenters. The third kappa shape index (κ3) is 2.24. The molecule has 5 heteroatoms. The van der Waals surface area contributed by atoms with E-state index in [1.54, 1.807) is 24.9 Å². The van der Waals surface area contributed by atoms with Crippen molar-refractivity contribution < 1.29 is 9.53 Å². The fourth-order valence-electron chi connectivity index (χ4n) is 1.61. The molecule has 0 radical (unpaired) electrons. The van der Waals surface area contributed by atoms with Crippen molar-refractivity contribution in [1.82, 2.24) is 9.78 Å². The minimum atomic E-state index is 0.348. The Labute approximate surface area is 98.4 Å². The van der Waals surface area contributed by atoms with Crippen LogP contribution in [0, 0.1) is 0 Å². The summed E-state index contributed by atoms with van der Waals surface area (Å²) < 4.78 is 6.81. The summed E-state index contributed by atoms with van der Waals surface area (Å²) in [6.07, 6.45) is 1.47. The second-order valence-electron chi connectivity index (χ2n) is 3.45. The number of aromatic nitrogens is 2. The molecule has 0 aliphatic rings. The third-order valence-corrected chi connectivity index (χ3v) is 2.39. The molecule has 1 aromatic heterocycles. The van der Waals surface area contributed by atoms with Gasteiger partial charge in [0.15, 0.2) is 5.82 Å². The molecule has 86 valence electrons. The molecule has 0 aliphatic heterocycles. The maximum atomic E-state index is 10.2. The maximum Gasteiger partial charge on any atom is 0.242 e. The topological polar surface area (TPSA) is 56.5 Å². The van der Waals surface area contributed by atoms with Crippen LogP contribution in [0.4, 0.5) is 5.82 Å². The first-order valence-corrected chi connectivity index (χ1v) is 5.01. The van der Waals surface area contributed by atoms with Gasteiger partial charge in [-0.3, -0.25) is 4.68 Å². The zero-order chi connectivity index (χ0) is 12.3. The highest BCUT2D eigenvalue weighted by molar-refractivity contribution is 5.65. The SMILES string of the molecule is COc1cccc(-c2cc(N=C=O)nn2C)c1. The van der Waals surface area contributed by atoms with Crippen molar-refractivity contribution >= 4 is 11.9 Å². The van der Waals surface area contributed by atoms with E-state index in [2.05, 4.69) is 10.1 Å². The molecular weight excluding hydrogens is 218 g/mol. The largest absolute Gasteiger partial charge is 0.497 e. The van der Waals surface area contributed by atoms with E-state index in [0.29, 0.717) is 5.82 Å². The zero-order valence-corrected chi connectivity index (χ0v) is 9.54. The fourth-order valence-corrected chi connectivity index (χ4v) is 1.61. The van der Waals surface area contributed by atoms with Crippen molar-refractivity contribution in [3.63, 3.8) is 0 Å². The van der Waals surface area contributed by atoms with Crippen LogP contribution < -0.4 is 4.74 Å². The van der Waals surface area contributed by atoms with Crippen LogP contribution in [0.25, 0.3) is 11.3 Å². The second-order valence-corrected chi connectivity index (χ2v) is 3.45. The predicted octanol–water partition coefficient (Wildman–Crippen LogP) is 2.06. The minimum Gasteiger partial charge on any atom is -0.497 e. The number of hydrogen-bond acceptors (Lipinski definition) is 4. The van der Waals surface area contributed by atoms with Crippen LogP contribution in [0.15, 0.2) is 35.3 Å². The summed E-state index contributed by atoms with van der Waals surface area (Å²) in [5.74, 6) is 1.12. The molecule has 2 rings (SSSR count). The number of hydrogen-bond donors (Lipinski definition) is 0. The van der Waals surface area contributed by atoms with Crippen LogP contribution in [0.1, 0.15) is 0 Å². The van der Waals surface area contributed by atoms with Crippen molar-refractivity contribution in [2.75, 3.05) is 7.11 Å². The van der Waals surface area contributed by atoms with Gasteiger partial charge >= 0.3 is 0 Å². The molecule has 2 aromatic rings. The lowest BCUT2D eigenvalue weighted by atomic mass is 10.1. The molecule has 0 N–H and O–H groups in total. The molecule has 0 saturated carbocycles. The Morgan fingerprint density at radius 1 is 1.41 bits per heavy atom. The molecular formula is C12H11N3O2. The molecule has 0 spiro atoms. The third-order valence-electron chi connectivity index (χ3n) is 2.39. The minimum absolute atomic E-state index is 0.348. The van der Waals surface area contributed by atoms with Crippen LogP contribution in [-0.4, -0.2) is 23.0 Å². The van der Waals surface area contributed by atoms with Crippen molar-refractivity contribution in [2.24, 2.45) is 12.0 Å². The molecule has 5 nitrogen and oxygen atoms in total. The van der Waals surface area contributed by atoms with Crippen molar-refractivity contribution in [1.29, 1.82) is 0 Å². The molecule has 0 atom stereocenters. The maximum absolute atomic E-state index is 10.2. The highest BCUT2D eigenvalue weighted by atomic mass is 16.5. The first-order valence-electron chi connectivity index (χ1n) is 5.01. The van der Waals surface area contributed by atoms with Gasteiger partial charge in [-0.1, -0.05) is 12.1 Å². The van der Waals surface area contributed by atoms with Gasteiger partial charge in [-0.05, 0) is 12.1 Å². The van der Waals surface area contributed by atoms with Crippen LogP contribution in [0.2, 0.25) is 0 Å². The van der Waals surface area contributed by atoms with Gasteiger partial charge in [0, 0.05) is 18.7 Å². The first-order chi connectivity index (χ1) is 8.24. The highest BCUT2D eigenvalue weighted by Crippen LogP contribution is 2.26. The van der Waals surface area contributed by atoms with Crippen LogP contribution in [0.5, 0.6) is 5.75 Å². The van der Waals surface area contributed by atoms with Gasteiger partial charge < -0.3 is 4.74 Å². The number of methoxy groups -OCH3 is 1. The number of benzene rings is 1. The van der Waals surface area contributed by atoms with E-state index >= 15 is 0 Å². The summed E-state index contributed by atoms with van der Waals surface area (Å²) >= 11 is 0. The van der Waals surface area contributed by atoms with Crippen molar-refractivity contribution in [3.8, 4) is 17.0 Å². The molecule has 0 aliphatic carbocycles. The molecule has 1 aromatic carbocycles. The van der Waals surface area contributed by atoms with Gasteiger partial charge in [0.25, 0.3) is 0 Å². The first kappa shape index (κ1) is 11.1. The van der Waals surface area contributed by atoms with Gasteiger partial charge in [0.1, 0.15) is 5.75 Å². The number of aryl methyl sites for hydroxylation is 1. The Hall–Kier alpha value is -2.39. The predicted molar refractivity (Wildman–Crippen MR) is 63.0 cm³/mol. The van der Waals surface area contributed by atoms with E-state index in [-0.39, 0.29) is 0 Å². The molecule has 0 amide bonds. The second kappa shape index (κ2) is 4.63. The average Bonchev–Trinajstić information content (AvgIpc) is 2.71. The number of isocyanates is 1. The van der Waals surface area contributed by atoms with E-state index in [1.165, 1.54) is 6.08 Å². The van der Waals surface area contributed by atoms with Gasteiger partial charge in [0.2, 0.25) is 6.08 Å². The Kier molecular flexibility index (Phi) is 3.03. The highest BCUT2D eigenvalue weighted by Gasteiger charge is 2.07. The summed E-state index contributed by atoms with van der Waals surface area (Å²) in [7, 11) is 3.41. The zero-order valence-electron chi connectivity index (χ0n) is 9.54. The van der Waals surface area contributed by atoms with Crippen molar-refractivity contribution in [3.05, 3.63) is 30.3 Å². The Morgan fingerprint density at radius 2 is 2.24 bits per heavy atom. The summed E-state index contributed by atoms with van der Waals surface area (Å²) in [5, 5.41) is 4.08. The summed E-state index contributed by atoms with van der Waals surface area (Å²) in [6.45, 7) is 0. The van der Waals surface area contributed by atoms with E-state index < -0.39 is 0 Å². The van der Waals surface area contributed by atoms with E-state index in [0.717, 1.165) is 17.0 Å².